The van der Waals surface area contributed by atoms with Crippen LogP contribution in [-0.4, -0.2) is 34.9 Å². The highest BCUT2D eigenvalue weighted by atomic mass is 35.5. The summed E-state index contributed by atoms with van der Waals surface area (Å²) in [6, 6.07) is 14.0. The topological polar surface area (TPSA) is 54.4 Å². The van der Waals surface area contributed by atoms with Crippen molar-refractivity contribution >= 4 is 24.8 Å². The van der Waals surface area contributed by atoms with Gasteiger partial charge in [-0.05, 0) is 44.4 Å². The third-order valence-corrected chi connectivity index (χ3v) is 3.79. The normalized spacial score (nSPS) is 11.8. The van der Waals surface area contributed by atoms with Crippen molar-refractivity contribution in [3.8, 4) is 5.75 Å². The van der Waals surface area contributed by atoms with E-state index in [0.717, 1.165) is 18.6 Å². The Morgan fingerprint density at radius 2 is 1.72 bits per heavy atom. The van der Waals surface area contributed by atoms with Crippen LogP contribution < -0.4 is 10.1 Å². The number of rotatable bonds is 9. The smallest absolute Gasteiger partial charge is 0.122 e. The molecular formula is C19H28Cl2N2O2. The molecule has 1 aromatic heterocycles. The largest absolute Gasteiger partial charge is 0.491 e. The number of aliphatic hydroxyl groups excluding tert-OH is 1. The fraction of sp³-hybridized carbons (Fsp3) is 0.421. The molecule has 140 valence electrons. The Labute approximate surface area is 162 Å². The first kappa shape index (κ1) is 23.7. The van der Waals surface area contributed by atoms with Crippen molar-refractivity contribution < 1.29 is 9.84 Å². The van der Waals surface area contributed by atoms with Gasteiger partial charge in [0.05, 0.1) is 0 Å². The molecule has 2 rings (SSSR count). The van der Waals surface area contributed by atoms with Crippen LogP contribution >= 0.6 is 24.8 Å². The number of nitrogens with one attached hydrogen (secondary N) is 1. The lowest BCUT2D eigenvalue weighted by Crippen LogP contribution is -2.45. The Balaban J connectivity index is 0.00000288. The van der Waals surface area contributed by atoms with Gasteiger partial charge in [0.15, 0.2) is 0 Å². The number of hydrogen-bond donors (Lipinski definition) is 2. The molecule has 0 radical (unpaired) electrons. The molecule has 1 aromatic carbocycles. The summed E-state index contributed by atoms with van der Waals surface area (Å²) in [5.74, 6) is 0.724. The minimum absolute atomic E-state index is 0. The van der Waals surface area contributed by atoms with Gasteiger partial charge in [-0.25, -0.2) is 0 Å². The molecule has 1 atom stereocenters. The van der Waals surface area contributed by atoms with Crippen molar-refractivity contribution in [2.24, 2.45) is 0 Å². The Bertz CT molecular complexity index is 568. The van der Waals surface area contributed by atoms with E-state index in [9.17, 15) is 5.11 Å². The van der Waals surface area contributed by atoms with E-state index in [1.54, 1.807) is 24.5 Å². The van der Waals surface area contributed by atoms with Gasteiger partial charge in [-0.15, -0.1) is 24.8 Å². The van der Waals surface area contributed by atoms with Crippen LogP contribution in [-0.2, 0) is 6.42 Å². The fourth-order valence-electron chi connectivity index (χ4n) is 2.27. The summed E-state index contributed by atoms with van der Waals surface area (Å²) in [7, 11) is 0. The average Bonchev–Trinajstić information content (AvgIpc) is 2.58. The first-order chi connectivity index (χ1) is 11.1. The zero-order chi connectivity index (χ0) is 16.5. The van der Waals surface area contributed by atoms with E-state index in [2.05, 4.69) is 48.4 Å². The molecule has 0 bridgehead atoms. The lowest BCUT2D eigenvalue weighted by atomic mass is 9.95. The van der Waals surface area contributed by atoms with Crippen LogP contribution in [0.1, 0.15) is 25.8 Å². The van der Waals surface area contributed by atoms with Crippen LogP contribution in [0.4, 0.5) is 0 Å². The van der Waals surface area contributed by atoms with E-state index in [4.69, 9.17) is 4.74 Å². The maximum Gasteiger partial charge on any atom is 0.122 e. The first-order valence-corrected chi connectivity index (χ1v) is 8.05. The zero-order valence-corrected chi connectivity index (χ0v) is 16.4. The monoisotopic (exact) mass is 386 g/mol. The number of aromatic nitrogens is 1. The van der Waals surface area contributed by atoms with Crippen LogP contribution in [0.25, 0.3) is 0 Å². The highest BCUT2D eigenvalue weighted by molar-refractivity contribution is 5.85. The molecule has 4 nitrogen and oxygen atoms in total. The van der Waals surface area contributed by atoms with Gasteiger partial charge in [0.2, 0.25) is 0 Å². The molecule has 1 heterocycles. The number of benzene rings is 1. The highest BCUT2D eigenvalue weighted by Crippen LogP contribution is 2.14. The molecule has 0 spiro atoms. The molecule has 0 fully saturated rings. The Kier molecular flexibility index (Phi) is 11.4. The van der Waals surface area contributed by atoms with Crippen molar-refractivity contribution in [2.75, 3.05) is 13.2 Å². The minimum atomic E-state index is -0.542. The SMILES string of the molecule is CC(C)(CCc1ccccc1)NCC(O)COc1ccncc1.Cl.Cl. The Hall–Kier alpha value is -1.33. The third kappa shape index (κ3) is 9.66. The van der Waals surface area contributed by atoms with Gasteiger partial charge < -0.3 is 15.2 Å². The van der Waals surface area contributed by atoms with E-state index in [-0.39, 0.29) is 37.0 Å². The molecule has 2 aromatic rings. The van der Waals surface area contributed by atoms with Gasteiger partial charge in [-0.1, -0.05) is 30.3 Å². The van der Waals surface area contributed by atoms with Crippen molar-refractivity contribution in [1.82, 2.24) is 10.3 Å². The van der Waals surface area contributed by atoms with Gasteiger partial charge in [-0.3, -0.25) is 4.98 Å². The molecule has 0 saturated carbocycles. The zero-order valence-electron chi connectivity index (χ0n) is 14.7. The van der Waals surface area contributed by atoms with Crippen LogP contribution in [0.2, 0.25) is 0 Å². The van der Waals surface area contributed by atoms with Crippen molar-refractivity contribution in [3.63, 3.8) is 0 Å². The van der Waals surface area contributed by atoms with E-state index in [1.165, 1.54) is 5.56 Å². The van der Waals surface area contributed by atoms with Gasteiger partial charge in [0, 0.05) is 24.5 Å². The Morgan fingerprint density at radius 3 is 2.36 bits per heavy atom. The maximum atomic E-state index is 10.1. The molecule has 0 aliphatic carbocycles. The number of pyridine rings is 1. The van der Waals surface area contributed by atoms with Crippen LogP contribution in [0.5, 0.6) is 5.75 Å². The van der Waals surface area contributed by atoms with E-state index in [1.807, 2.05) is 6.07 Å². The first-order valence-electron chi connectivity index (χ1n) is 8.05. The molecule has 0 aliphatic rings. The Morgan fingerprint density at radius 1 is 1.08 bits per heavy atom. The number of aliphatic hydroxyl groups is 1. The van der Waals surface area contributed by atoms with Crippen LogP contribution in [0.3, 0.4) is 0 Å². The number of hydrogen-bond acceptors (Lipinski definition) is 4. The fourth-order valence-corrected chi connectivity index (χ4v) is 2.27. The quantitative estimate of drug-likeness (QED) is 0.690. The predicted octanol–water partition coefficient (Wildman–Crippen LogP) is 3.67. The predicted molar refractivity (Wildman–Crippen MR) is 107 cm³/mol. The second-order valence-corrected chi connectivity index (χ2v) is 6.40. The number of halogens is 2. The van der Waals surface area contributed by atoms with E-state index >= 15 is 0 Å². The average molecular weight is 387 g/mol. The molecule has 25 heavy (non-hydrogen) atoms. The molecular weight excluding hydrogens is 359 g/mol. The molecule has 6 heteroatoms. The van der Waals surface area contributed by atoms with E-state index < -0.39 is 6.10 Å². The van der Waals surface area contributed by atoms with Crippen LogP contribution in [0.15, 0.2) is 54.9 Å². The number of aryl methyl sites for hydroxylation is 1. The van der Waals surface area contributed by atoms with Crippen LogP contribution in [0, 0.1) is 0 Å². The minimum Gasteiger partial charge on any atom is -0.491 e. The molecule has 0 amide bonds. The molecule has 1 unspecified atom stereocenters. The molecule has 2 N–H and O–H groups in total. The number of β-amino-alcohol motifs (C(OH)–C–C–N with tert-alkyl or cyclic N) is 1. The maximum absolute atomic E-state index is 10.1. The van der Waals surface area contributed by atoms with E-state index in [0.29, 0.717) is 6.54 Å². The van der Waals surface area contributed by atoms with Crippen molar-refractivity contribution in [2.45, 2.75) is 38.3 Å². The summed E-state index contributed by atoms with van der Waals surface area (Å²) in [5, 5.41) is 13.5. The highest BCUT2D eigenvalue weighted by Gasteiger charge is 2.18. The summed E-state index contributed by atoms with van der Waals surface area (Å²) >= 11 is 0. The number of nitrogens with zero attached hydrogens (tertiary/aromatic N) is 1. The second kappa shape index (κ2) is 12.1. The van der Waals surface area contributed by atoms with Crippen molar-refractivity contribution in [3.05, 3.63) is 60.4 Å². The lowest BCUT2D eigenvalue weighted by molar-refractivity contribution is 0.0981. The summed E-state index contributed by atoms with van der Waals surface area (Å²) in [5.41, 5.74) is 1.30. The molecule has 0 saturated heterocycles. The summed E-state index contributed by atoms with van der Waals surface area (Å²) in [6.45, 7) is 5.09. The van der Waals surface area contributed by atoms with Crippen molar-refractivity contribution in [1.29, 1.82) is 0 Å². The molecule has 0 aliphatic heterocycles. The number of ether oxygens (including phenoxy) is 1. The van der Waals surface area contributed by atoms with Gasteiger partial charge in [0.1, 0.15) is 18.5 Å². The summed E-state index contributed by atoms with van der Waals surface area (Å²) in [4.78, 5) is 3.93. The summed E-state index contributed by atoms with van der Waals surface area (Å²) in [6.07, 6.45) is 4.83. The van der Waals surface area contributed by atoms with Gasteiger partial charge in [0.25, 0.3) is 0 Å². The van der Waals surface area contributed by atoms with Gasteiger partial charge in [-0.2, -0.15) is 0 Å². The second-order valence-electron chi connectivity index (χ2n) is 6.40. The van der Waals surface area contributed by atoms with Gasteiger partial charge >= 0.3 is 0 Å². The summed E-state index contributed by atoms with van der Waals surface area (Å²) < 4.78 is 5.53. The third-order valence-electron chi connectivity index (χ3n) is 3.79. The standard InChI is InChI=1S/C19H26N2O2.2ClH/c1-19(2,11-8-16-6-4-3-5-7-16)21-14-17(22)15-23-18-9-12-20-13-10-18;;/h3-7,9-10,12-13,17,21-22H,8,11,14-15H2,1-2H3;2*1H. The lowest BCUT2D eigenvalue weighted by Gasteiger charge is -2.28.